The van der Waals surface area contributed by atoms with Gasteiger partial charge in [-0.25, -0.2) is 9.97 Å². The molecule has 0 radical (unpaired) electrons. The zero-order valence-electron chi connectivity index (χ0n) is 11.8. The first-order valence-corrected chi connectivity index (χ1v) is 6.64. The number of nitrogens with one attached hydrogen (secondary N) is 1. The molecule has 0 saturated carbocycles. The van der Waals surface area contributed by atoms with E-state index < -0.39 is 0 Å². The van der Waals surface area contributed by atoms with Crippen LogP contribution in [0.25, 0.3) is 11.0 Å². The van der Waals surface area contributed by atoms with E-state index in [2.05, 4.69) is 21.4 Å². The third-order valence-corrected chi connectivity index (χ3v) is 3.39. The molecule has 0 fully saturated rings. The van der Waals surface area contributed by atoms with Crippen LogP contribution in [0.2, 0.25) is 0 Å². The van der Waals surface area contributed by atoms with Gasteiger partial charge >= 0.3 is 0 Å². The maximum atomic E-state index is 5.99. The third-order valence-electron chi connectivity index (χ3n) is 3.39. The predicted molar refractivity (Wildman–Crippen MR) is 78.6 cm³/mol. The summed E-state index contributed by atoms with van der Waals surface area (Å²) in [6.45, 7) is 4.02. The molecule has 4 nitrogen and oxygen atoms in total. The summed E-state index contributed by atoms with van der Waals surface area (Å²) < 4.78 is 5.99. The van der Waals surface area contributed by atoms with E-state index in [1.807, 2.05) is 51.5 Å². The van der Waals surface area contributed by atoms with Crippen molar-refractivity contribution in [1.82, 2.24) is 15.3 Å². The first-order valence-electron chi connectivity index (χ1n) is 6.64. The van der Waals surface area contributed by atoms with Gasteiger partial charge in [-0.2, -0.15) is 0 Å². The Morgan fingerprint density at radius 2 is 1.90 bits per heavy atom. The van der Waals surface area contributed by atoms with Crippen LogP contribution < -0.4 is 5.32 Å². The van der Waals surface area contributed by atoms with Crippen LogP contribution in [0.3, 0.4) is 0 Å². The van der Waals surface area contributed by atoms with Crippen LogP contribution in [0.5, 0.6) is 0 Å². The molecule has 102 valence electrons. The second kappa shape index (κ2) is 5.06. The second-order valence-electron chi connectivity index (χ2n) is 4.98. The predicted octanol–water partition coefficient (Wildman–Crippen LogP) is 3.15. The topological polar surface area (TPSA) is 51.0 Å². The lowest BCUT2D eigenvalue weighted by molar-refractivity contribution is 0.477. The molecule has 3 rings (SSSR count). The normalized spacial score (nSPS) is 12.8. The number of rotatable bonds is 3. The number of furan rings is 1. The van der Waals surface area contributed by atoms with Gasteiger partial charge in [0.15, 0.2) is 5.82 Å². The Morgan fingerprint density at radius 3 is 2.55 bits per heavy atom. The van der Waals surface area contributed by atoms with E-state index in [0.717, 1.165) is 33.7 Å². The molecule has 20 heavy (non-hydrogen) atoms. The van der Waals surface area contributed by atoms with Crippen LogP contribution in [0.1, 0.15) is 28.8 Å². The Hall–Kier alpha value is -2.20. The molecule has 0 spiro atoms. The molecule has 1 N–H and O–H groups in total. The number of benzene rings is 1. The summed E-state index contributed by atoms with van der Waals surface area (Å²) in [6.07, 6.45) is 3.64. The summed E-state index contributed by atoms with van der Waals surface area (Å²) in [4.78, 5) is 8.77. The SMILES string of the molecule is CNC(c1ncc(C)cn1)c1cc2cccc(C)c2o1. The van der Waals surface area contributed by atoms with E-state index in [-0.39, 0.29) is 6.04 Å². The van der Waals surface area contributed by atoms with Crippen LogP contribution in [0, 0.1) is 13.8 Å². The van der Waals surface area contributed by atoms with Crippen molar-refractivity contribution in [1.29, 1.82) is 0 Å². The maximum absolute atomic E-state index is 5.99. The quantitative estimate of drug-likeness (QED) is 0.792. The van der Waals surface area contributed by atoms with Gasteiger partial charge in [-0.05, 0) is 38.1 Å². The van der Waals surface area contributed by atoms with E-state index in [1.54, 1.807) is 0 Å². The average molecular weight is 267 g/mol. The van der Waals surface area contributed by atoms with E-state index in [9.17, 15) is 0 Å². The highest BCUT2D eigenvalue weighted by atomic mass is 16.3. The van der Waals surface area contributed by atoms with Crippen LogP contribution in [0.15, 0.2) is 41.1 Å². The molecule has 1 aromatic carbocycles. The maximum Gasteiger partial charge on any atom is 0.152 e. The second-order valence-corrected chi connectivity index (χ2v) is 4.98. The van der Waals surface area contributed by atoms with Crippen molar-refractivity contribution in [3.05, 3.63) is 59.4 Å². The molecule has 4 heteroatoms. The summed E-state index contributed by atoms with van der Waals surface area (Å²) in [6, 6.07) is 8.05. The number of aryl methyl sites for hydroxylation is 2. The number of aromatic nitrogens is 2. The van der Waals surface area contributed by atoms with Crippen molar-refractivity contribution in [2.24, 2.45) is 0 Å². The van der Waals surface area contributed by atoms with Crippen LogP contribution in [0.4, 0.5) is 0 Å². The number of hydrogen-bond acceptors (Lipinski definition) is 4. The summed E-state index contributed by atoms with van der Waals surface area (Å²) in [5, 5.41) is 4.32. The molecule has 0 aliphatic heterocycles. The first-order chi connectivity index (χ1) is 9.69. The van der Waals surface area contributed by atoms with Gasteiger partial charge in [0.05, 0.1) is 0 Å². The zero-order chi connectivity index (χ0) is 14.1. The third kappa shape index (κ3) is 2.18. The smallest absolute Gasteiger partial charge is 0.152 e. The molecular weight excluding hydrogens is 250 g/mol. The van der Waals surface area contributed by atoms with Gasteiger partial charge in [0, 0.05) is 17.8 Å². The minimum atomic E-state index is -0.137. The molecule has 0 aliphatic carbocycles. The molecule has 3 aromatic rings. The van der Waals surface area contributed by atoms with Gasteiger partial charge in [-0.1, -0.05) is 18.2 Å². The van der Waals surface area contributed by atoms with Crippen molar-refractivity contribution >= 4 is 11.0 Å². The largest absolute Gasteiger partial charge is 0.459 e. The minimum Gasteiger partial charge on any atom is -0.459 e. The highest BCUT2D eigenvalue weighted by molar-refractivity contribution is 5.81. The van der Waals surface area contributed by atoms with Gasteiger partial charge in [0.25, 0.3) is 0 Å². The highest BCUT2D eigenvalue weighted by Gasteiger charge is 2.19. The molecule has 1 unspecified atom stereocenters. The Labute approximate surface area is 117 Å². The Balaban J connectivity index is 2.07. The Kier molecular flexibility index (Phi) is 3.24. The number of nitrogens with zero attached hydrogens (tertiary/aromatic N) is 2. The summed E-state index contributed by atoms with van der Waals surface area (Å²) in [5.41, 5.74) is 3.10. The number of fused-ring (bicyclic) bond motifs is 1. The Morgan fingerprint density at radius 1 is 1.15 bits per heavy atom. The Bertz CT molecular complexity index is 731. The molecule has 0 aliphatic rings. The van der Waals surface area contributed by atoms with Crippen molar-refractivity contribution in [2.45, 2.75) is 19.9 Å². The summed E-state index contributed by atoms with van der Waals surface area (Å²) >= 11 is 0. The van der Waals surface area contributed by atoms with Crippen molar-refractivity contribution in [3.63, 3.8) is 0 Å². The molecule has 2 aromatic heterocycles. The minimum absolute atomic E-state index is 0.137. The lowest BCUT2D eigenvalue weighted by atomic mass is 10.1. The van der Waals surface area contributed by atoms with Crippen molar-refractivity contribution < 1.29 is 4.42 Å². The van der Waals surface area contributed by atoms with E-state index in [0.29, 0.717) is 0 Å². The van der Waals surface area contributed by atoms with Crippen LogP contribution in [-0.2, 0) is 0 Å². The fourth-order valence-corrected chi connectivity index (χ4v) is 2.32. The molecule has 2 heterocycles. The van der Waals surface area contributed by atoms with E-state index in [4.69, 9.17) is 4.42 Å². The first kappa shape index (κ1) is 12.8. The van der Waals surface area contributed by atoms with Crippen molar-refractivity contribution in [3.8, 4) is 0 Å². The van der Waals surface area contributed by atoms with Gasteiger partial charge in [0.2, 0.25) is 0 Å². The van der Waals surface area contributed by atoms with E-state index >= 15 is 0 Å². The summed E-state index contributed by atoms with van der Waals surface area (Å²) in [5.74, 6) is 1.55. The fraction of sp³-hybridized carbons (Fsp3) is 0.250. The van der Waals surface area contributed by atoms with Gasteiger partial charge in [-0.3, -0.25) is 0 Å². The van der Waals surface area contributed by atoms with Gasteiger partial charge in [0.1, 0.15) is 17.4 Å². The van der Waals surface area contributed by atoms with Gasteiger partial charge in [-0.15, -0.1) is 0 Å². The standard InChI is InChI=1S/C16H17N3O/c1-10-8-18-16(19-9-10)14(17-3)13-7-12-6-4-5-11(2)15(12)20-13/h4-9,14,17H,1-3H3. The van der Waals surface area contributed by atoms with Crippen LogP contribution >= 0.6 is 0 Å². The molecular formula is C16H17N3O. The zero-order valence-corrected chi connectivity index (χ0v) is 11.8. The average Bonchev–Trinajstić information content (AvgIpc) is 2.87. The lowest BCUT2D eigenvalue weighted by Crippen LogP contribution is -2.19. The van der Waals surface area contributed by atoms with E-state index in [1.165, 1.54) is 0 Å². The number of para-hydroxylation sites is 1. The molecule has 1 atom stereocenters. The monoisotopic (exact) mass is 267 g/mol. The molecule has 0 amide bonds. The van der Waals surface area contributed by atoms with Crippen molar-refractivity contribution in [2.75, 3.05) is 7.05 Å². The fourth-order valence-electron chi connectivity index (χ4n) is 2.32. The van der Waals surface area contributed by atoms with Crippen LogP contribution in [-0.4, -0.2) is 17.0 Å². The van der Waals surface area contributed by atoms with Gasteiger partial charge < -0.3 is 9.73 Å². The number of hydrogen-bond donors (Lipinski definition) is 1. The highest BCUT2D eigenvalue weighted by Crippen LogP contribution is 2.28. The summed E-state index contributed by atoms with van der Waals surface area (Å²) in [7, 11) is 1.88. The molecule has 0 bridgehead atoms. The lowest BCUT2D eigenvalue weighted by Gasteiger charge is -2.11. The molecule has 0 saturated heterocycles.